The van der Waals surface area contributed by atoms with E-state index in [1.807, 2.05) is 29.2 Å². The van der Waals surface area contributed by atoms with Crippen LogP contribution in [0.25, 0.3) is 0 Å². The highest BCUT2D eigenvalue weighted by molar-refractivity contribution is 5.76. The number of carbonyl (C=O) groups excluding carboxylic acids is 1. The number of hydrogen-bond acceptors (Lipinski definition) is 4. The molecule has 0 radical (unpaired) electrons. The third kappa shape index (κ3) is 3.57. The zero-order valence-electron chi connectivity index (χ0n) is 14.4. The predicted octanol–water partition coefficient (Wildman–Crippen LogP) is 1.88. The number of methoxy groups -OCH3 is 1. The molecule has 0 bridgehead atoms. The van der Waals surface area contributed by atoms with E-state index in [2.05, 4.69) is 0 Å². The van der Waals surface area contributed by atoms with Crippen molar-refractivity contribution in [1.29, 1.82) is 0 Å². The van der Waals surface area contributed by atoms with Crippen molar-refractivity contribution in [2.45, 2.75) is 25.7 Å². The zero-order chi connectivity index (χ0) is 17.0. The molecule has 1 amide bonds. The van der Waals surface area contributed by atoms with Crippen LogP contribution >= 0.6 is 0 Å². The lowest BCUT2D eigenvalue weighted by molar-refractivity contribution is -0.130. The van der Waals surface area contributed by atoms with Crippen LogP contribution in [0, 0.1) is 11.3 Å². The number of hydrogen-bond donors (Lipinski definition) is 1. The molecule has 24 heavy (non-hydrogen) atoms. The molecule has 1 aromatic rings. The lowest BCUT2D eigenvalue weighted by Crippen LogP contribution is -2.41. The maximum absolute atomic E-state index is 12.5. The normalized spacial score (nSPS) is 26.2. The first-order valence-corrected chi connectivity index (χ1v) is 8.76. The van der Waals surface area contributed by atoms with Crippen molar-refractivity contribution < 1.29 is 19.4 Å². The van der Waals surface area contributed by atoms with Gasteiger partial charge in [0.05, 0.1) is 20.3 Å². The highest BCUT2D eigenvalue weighted by atomic mass is 16.5. The van der Waals surface area contributed by atoms with Crippen molar-refractivity contribution in [2.75, 3.05) is 40.0 Å². The summed E-state index contributed by atoms with van der Waals surface area (Å²) in [5.41, 5.74) is 1.09. The summed E-state index contributed by atoms with van der Waals surface area (Å²) >= 11 is 0. The number of carbonyl (C=O) groups is 1. The summed E-state index contributed by atoms with van der Waals surface area (Å²) in [7, 11) is 1.66. The molecule has 1 aromatic carbocycles. The first-order valence-electron chi connectivity index (χ1n) is 8.76. The number of likely N-dealkylation sites (tertiary alicyclic amines) is 1. The fraction of sp³-hybridized carbons (Fsp3) is 0.632. The van der Waals surface area contributed by atoms with Gasteiger partial charge in [0.2, 0.25) is 5.91 Å². The summed E-state index contributed by atoms with van der Waals surface area (Å²) in [5, 5.41) is 9.82. The number of aryl methyl sites for hydroxylation is 1. The maximum Gasteiger partial charge on any atom is 0.222 e. The van der Waals surface area contributed by atoms with Crippen LogP contribution in [0.1, 0.15) is 24.8 Å². The van der Waals surface area contributed by atoms with Crippen LogP contribution in [-0.2, 0) is 16.0 Å². The van der Waals surface area contributed by atoms with E-state index in [-0.39, 0.29) is 23.8 Å². The van der Waals surface area contributed by atoms with Crippen molar-refractivity contribution in [3.63, 3.8) is 0 Å². The summed E-state index contributed by atoms with van der Waals surface area (Å²) in [4.78, 5) is 14.5. The van der Waals surface area contributed by atoms with Crippen LogP contribution in [0.2, 0.25) is 0 Å². The van der Waals surface area contributed by atoms with Crippen LogP contribution in [0.4, 0.5) is 0 Å². The molecule has 0 aliphatic carbocycles. The molecule has 2 heterocycles. The van der Waals surface area contributed by atoms with Crippen LogP contribution < -0.4 is 4.74 Å². The van der Waals surface area contributed by atoms with E-state index in [0.717, 1.165) is 31.6 Å². The molecule has 2 atom stereocenters. The fourth-order valence-electron chi connectivity index (χ4n) is 3.89. The van der Waals surface area contributed by atoms with E-state index < -0.39 is 0 Å². The van der Waals surface area contributed by atoms with Crippen LogP contribution in [0.15, 0.2) is 24.3 Å². The molecular formula is C19H27NO4. The van der Waals surface area contributed by atoms with E-state index >= 15 is 0 Å². The van der Waals surface area contributed by atoms with Gasteiger partial charge in [-0.1, -0.05) is 12.1 Å². The Kier molecular flexibility index (Phi) is 5.41. The highest BCUT2D eigenvalue weighted by Crippen LogP contribution is 2.41. The number of ether oxygens (including phenoxy) is 2. The number of aliphatic hydroxyl groups excluding tert-OH is 1. The van der Waals surface area contributed by atoms with Crippen LogP contribution in [-0.4, -0.2) is 55.9 Å². The Hall–Kier alpha value is -1.59. The number of amides is 1. The summed E-state index contributed by atoms with van der Waals surface area (Å²) < 4.78 is 10.7. The van der Waals surface area contributed by atoms with Gasteiger partial charge in [0.1, 0.15) is 5.75 Å². The number of nitrogens with zero attached hydrogens (tertiary/aromatic N) is 1. The molecular weight excluding hydrogens is 306 g/mol. The number of aliphatic hydroxyl groups is 1. The summed E-state index contributed by atoms with van der Waals surface area (Å²) in [5.74, 6) is 1.33. The third-order valence-corrected chi connectivity index (χ3v) is 5.56. The molecule has 2 aliphatic heterocycles. The average molecular weight is 333 g/mol. The van der Waals surface area contributed by atoms with Gasteiger partial charge in [0.15, 0.2) is 0 Å². The molecule has 2 saturated heterocycles. The fourth-order valence-corrected chi connectivity index (χ4v) is 3.89. The second-order valence-electron chi connectivity index (χ2n) is 7.02. The second kappa shape index (κ2) is 7.53. The van der Waals surface area contributed by atoms with Gasteiger partial charge in [-0.15, -0.1) is 0 Å². The Bertz CT molecular complexity index is 559. The summed E-state index contributed by atoms with van der Waals surface area (Å²) in [6.45, 7) is 2.91. The molecule has 0 unspecified atom stereocenters. The summed E-state index contributed by atoms with van der Waals surface area (Å²) in [6.07, 6.45) is 3.14. The molecule has 5 nitrogen and oxygen atoms in total. The second-order valence-corrected chi connectivity index (χ2v) is 7.02. The van der Waals surface area contributed by atoms with Crippen molar-refractivity contribution in [3.8, 4) is 5.75 Å². The molecule has 3 rings (SSSR count). The van der Waals surface area contributed by atoms with Gasteiger partial charge in [0.25, 0.3) is 0 Å². The van der Waals surface area contributed by atoms with Crippen molar-refractivity contribution in [1.82, 2.24) is 4.90 Å². The van der Waals surface area contributed by atoms with Gasteiger partial charge < -0.3 is 19.5 Å². The molecule has 0 saturated carbocycles. The summed E-state index contributed by atoms with van der Waals surface area (Å²) in [6, 6.07) is 8.00. The minimum Gasteiger partial charge on any atom is -0.497 e. The Labute approximate surface area is 143 Å². The van der Waals surface area contributed by atoms with Crippen molar-refractivity contribution >= 4 is 5.91 Å². The number of fused-ring (bicyclic) bond motifs is 1. The molecule has 2 fully saturated rings. The minimum absolute atomic E-state index is 0.135. The molecule has 5 heteroatoms. The van der Waals surface area contributed by atoms with Crippen molar-refractivity contribution in [3.05, 3.63) is 29.8 Å². The standard InChI is InChI=1S/C19H27NO4/c1-23-17-7-5-15(6-8-17)3-2-4-18(22)20-11-16-12-24-10-9-19(16,13-20)14-21/h5-8,16,21H,2-4,9-14H2,1H3/t16-,19-/m1/s1. The maximum atomic E-state index is 12.5. The van der Waals surface area contributed by atoms with Gasteiger partial charge in [-0.05, 0) is 37.0 Å². The molecule has 2 aliphatic rings. The Morgan fingerprint density at radius 2 is 2.21 bits per heavy atom. The van der Waals surface area contributed by atoms with E-state index in [0.29, 0.717) is 26.2 Å². The van der Waals surface area contributed by atoms with Gasteiger partial charge in [-0.3, -0.25) is 4.79 Å². The minimum atomic E-state index is -0.135. The third-order valence-electron chi connectivity index (χ3n) is 5.56. The lowest BCUT2D eigenvalue weighted by Gasteiger charge is -2.36. The SMILES string of the molecule is COc1ccc(CCCC(=O)N2C[C@@H]3COCC[C@]3(CO)C2)cc1. The first-order chi connectivity index (χ1) is 11.7. The zero-order valence-corrected chi connectivity index (χ0v) is 14.4. The van der Waals surface area contributed by atoms with Gasteiger partial charge >= 0.3 is 0 Å². The molecule has 1 N–H and O–H groups in total. The Morgan fingerprint density at radius 1 is 1.42 bits per heavy atom. The topological polar surface area (TPSA) is 59.0 Å². The Balaban J connectivity index is 1.48. The quantitative estimate of drug-likeness (QED) is 0.863. The Morgan fingerprint density at radius 3 is 2.88 bits per heavy atom. The number of benzene rings is 1. The smallest absolute Gasteiger partial charge is 0.222 e. The molecule has 0 aromatic heterocycles. The van der Waals surface area contributed by atoms with E-state index in [1.54, 1.807) is 7.11 Å². The average Bonchev–Trinajstić information content (AvgIpc) is 3.02. The van der Waals surface area contributed by atoms with Crippen molar-refractivity contribution in [2.24, 2.45) is 11.3 Å². The lowest BCUT2D eigenvalue weighted by atomic mass is 9.75. The van der Waals surface area contributed by atoms with Crippen LogP contribution in [0.3, 0.4) is 0 Å². The van der Waals surface area contributed by atoms with Gasteiger partial charge in [0, 0.05) is 37.5 Å². The highest BCUT2D eigenvalue weighted by Gasteiger charge is 2.48. The number of rotatable bonds is 6. The largest absolute Gasteiger partial charge is 0.497 e. The van der Waals surface area contributed by atoms with E-state index in [9.17, 15) is 9.90 Å². The van der Waals surface area contributed by atoms with Gasteiger partial charge in [-0.2, -0.15) is 0 Å². The predicted molar refractivity (Wildman–Crippen MR) is 91.0 cm³/mol. The van der Waals surface area contributed by atoms with E-state index in [4.69, 9.17) is 9.47 Å². The molecule has 0 spiro atoms. The van der Waals surface area contributed by atoms with Crippen LogP contribution in [0.5, 0.6) is 5.75 Å². The van der Waals surface area contributed by atoms with Gasteiger partial charge in [-0.25, -0.2) is 0 Å². The first kappa shape index (κ1) is 17.2. The molecule has 132 valence electrons. The van der Waals surface area contributed by atoms with E-state index in [1.165, 1.54) is 5.56 Å². The monoisotopic (exact) mass is 333 g/mol.